The van der Waals surface area contributed by atoms with E-state index >= 15 is 0 Å². The average Bonchev–Trinajstić information content (AvgIpc) is 2.99. The molecular weight excluding hydrogens is 244 g/mol. The molecule has 2 fully saturated rings. The number of nitrogens with two attached hydrogens (primary N) is 1. The molecule has 0 unspecified atom stereocenters. The number of imidazole rings is 1. The minimum absolute atomic E-state index is 0.291. The largest absolute Gasteiger partial charge is 0.396 e. The molecule has 0 radical (unpaired) electrons. The van der Waals surface area contributed by atoms with Gasteiger partial charge in [0.05, 0.1) is 0 Å². The lowest BCUT2D eigenvalue weighted by Crippen LogP contribution is -2.28. The molecule has 4 atom stereocenters. The number of aliphatic hydroxyl groups is 1. The van der Waals surface area contributed by atoms with E-state index in [0.717, 1.165) is 6.42 Å². The van der Waals surface area contributed by atoms with Gasteiger partial charge >= 0.3 is 0 Å². The number of anilines is 1. The number of aromatic nitrogens is 4. The van der Waals surface area contributed by atoms with E-state index in [0.29, 0.717) is 47.4 Å². The maximum absolute atomic E-state index is 9.33. The van der Waals surface area contributed by atoms with E-state index in [-0.39, 0.29) is 0 Å². The summed E-state index contributed by atoms with van der Waals surface area (Å²) in [4.78, 5) is 12.4. The average molecular weight is 260 g/mol. The van der Waals surface area contributed by atoms with E-state index in [9.17, 15) is 5.11 Å². The van der Waals surface area contributed by atoms with Gasteiger partial charge in [0.1, 0.15) is 12.7 Å². The van der Waals surface area contributed by atoms with Crippen LogP contribution >= 0.6 is 0 Å². The summed E-state index contributed by atoms with van der Waals surface area (Å²) in [6.45, 7) is 0.291. The molecule has 0 aromatic carbocycles. The standard InChI is InChI=1S/C12H16N6O/c13-11-10-12(15-4-14-11)18(5-16-10)17-9-1-6(3-19)7-2-8(7)9/h4-9,17,19H,1-3H2,(H2,13,14,15)/t6-,7-,8-,9-/m1/s1. The first-order valence-electron chi connectivity index (χ1n) is 6.59. The van der Waals surface area contributed by atoms with Gasteiger partial charge in [-0.3, -0.25) is 0 Å². The number of aliphatic hydroxyl groups excluding tert-OH is 1. The van der Waals surface area contributed by atoms with Crippen molar-refractivity contribution in [2.75, 3.05) is 17.8 Å². The Hall–Kier alpha value is -1.89. The van der Waals surface area contributed by atoms with Gasteiger partial charge in [-0.05, 0) is 30.6 Å². The van der Waals surface area contributed by atoms with Gasteiger partial charge in [0.25, 0.3) is 0 Å². The summed E-state index contributed by atoms with van der Waals surface area (Å²) in [5, 5.41) is 9.33. The molecule has 2 aromatic rings. The van der Waals surface area contributed by atoms with Crippen molar-refractivity contribution in [2.24, 2.45) is 17.8 Å². The Balaban J connectivity index is 1.61. The van der Waals surface area contributed by atoms with Crippen LogP contribution < -0.4 is 11.2 Å². The van der Waals surface area contributed by atoms with E-state index < -0.39 is 0 Å². The van der Waals surface area contributed by atoms with E-state index in [1.165, 1.54) is 12.7 Å². The van der Waals surface area contributed by atoms with Crippen molar-refractivity contribution in [1.82, 2.24) is 19.6 Å². The predicted octanol–water partition coefficient (Wildman–Crippen LogP) is -0.0311. The van der Waals surface area contributed by atoms with Gasteiger partial charge in [-0.2, -0.15) is 0 Å². The third-order valence-corrected chi connectivity index (χ3v) is 4.47. The predicted molar refractivity (Wildman–Crippen MR) is 69.7 cm³/mol. The minimum Gasteiger partial charge on any atom is -0.396 e. The molecule has 2 aromatic heterocycles. The fourth-order valence-corrected chi connectivity index (χ4v) is 3.40. The number of rotatable bonds is 3. The first kappa shape index (κ1) is 11.0. The fraction of sp³-hybridized carbons (Fsp3) is 0.583. The summed E-state index contributed by atoms with van der Waals surface area (Å²) >= 11 is 0. The molecule has 7 heteroatoms. The zero-order valence-corrected chi connectivity index (χ0v) is 10.4. The first-order chi connectivity index (χ1) is 9.28. The molecule has 100 valence electrons. The number of nitrogens with one attached hydrogen (secondary N) is 1. The Bertz CT molecular complexity index is 626. The van der Waals surface area contributed by atoms with Crippen LogP contribution in [0.3, 0.4) is 0 Å². The number of nitrogen functional groups attached to an aromatic ring is 1. The topological polar surface area (TPSA) is 102 Å². The van der Waals surface area contributed by atoms with Gasteiger partial charge in [0.2, 0.25) is 0 Å². The summed E-state index contributed by atoms with van der Waals surface area (Å²) in [6, 6.07) is 0.385. The normalized spacial score (nSPS) is 32.5. The molecule has 19 heavy (non-hydrogen) atoms. The molecule has 0 spiro atoms. The summed E-state index contributed by atoms with van der Waals surface area (Å²) in [5.74, 6) is 2.21. The van der Waals surface area contributed by atoms with Gasteiger partial charge < -0.3 is 16.3 Å². The van der Waals surface area contributed by atoms with Crippen LogP contribution in [-0.2, 0) is 0 Å². The highest BCUT2D eigenvalue weighted by molar-refractivity contribution is 5.81. The second kappa shape index (κ2) is 3.80. The Labute approximate surface area is 109 Å². The Kier molecular flexibility index (Phi) is 2.20. The van der Waals surface area contributed by atoms with Crippen LogP contribution in [-0.4, -0.2) is 37.4 Å². The van der Waals surface area contributed by atoms with Crippen LogP contribution in [0, 0.1) is 17.8 Å². The number of hydrogen-bond donors (Lipinski definition) is 3. The van der Waals surface area contributed by atoms with Gasteiger partial charge in [0.15, 0.2) is 17.0 Å². The second-order valence-corrected chi connectivity index (χ2v) is 5.52. The third-order valence-electron chi connectivity index (χ3n) is 4.47. The number of fused-ring (bicyclic) bond motifs is 2. The lowest BCUT2D eigenvalue weighted by atomic mass is 10.0. The van der Waals surface area contributed by atoms with E-state index in [2.05, 4.69) is 20.4 Å². The lowest BCUT2D eigenvalue weighted by molar-refractivity contribution is 0.213. The monoisotopic (exact) mass is 260 g/mol. The van der Waals surface area contributed by atoms with Crippen molar-refractivity contribution in [1.29, 1.82) is 0 Å². The summed E-state index contributed by atoms with van der Waals surface area (Å²) in [5.41, 5.74) is 10.5. The summed E-state index contributed by atoms with van der Waals surface area (Å²) in [7, 11) is 0. The Morgan fingerprint density at radius 3 is 3.00 bits per heavy atom. The zero-order valence-electron chi connectivity index (χ0n) is 10.4. The third kappa shape index (κ3) is 1.58. The first-order valence-corrected chi connectivity index (χ1v) is 6.59. The molecule has 2 aliphatic carbocycles. The van der Waals surface area contributed by atoms with Crippen LogP contribution in [0.25, 0.3) is 11.2 Å². The molecule has 0 bridgehead atoms. The SMILES string of the molecule is Nc1ncnc2c1ncn2N[C@@H]1C[C@H](CO)[C@H]2C[C@H]21. The molecule has 0 aliphatic heterocycles. The quantitative estimate of drug-likeness (QED) is 0.716. The van der Waals surface area contributed by atoms with Crippen molar-refractivity contribution in [3.63, 3.8) is 0 Å². The van der Waals surface area contributed by atoms with Crippen LogP contribution in [0.15, 0.2) is 12.7 Å². The molecule has 0 saturated heterocycles. The molecular formula is C12H16N6O. The number of nitrogens with zero attached hydrogens (tertiary/aromatic N) is 4. The zero-order chi connectivity index (χ0) is 13.0. The molecule has 4 rings (SSSR count). The van der Waals surface area contributed by atoms with Crippen LogP contribution in [0.4, 0.5) is 5.82 Å². The summed E-state index contributed by atoms with van der Waals surface area (Å²) < 4.78 is 1.83. The molecule has 2 aliphatic rings. The molecule has 7 nitrogen and oxygen atoms in total. The van der Waals surface area contributed by atoms with Crippen molar-refractivity contribution >= 4 is 17.0 Å². The van der Waals surface area contributed by atoms with Crippen molar-refractivity contribution in [2.45, 2.75) is 18.9 Å². The van der Waals surface area contributed by atoms with Crippen LogP contribution in [0.1, 0.15) is 12.8 Å². The molecule has 2 heterocycles. The molecule has 0 amide bonds. The van der Waals surface area contributed by atoms with Crippen LogP contribution in [0.5, 0.6) is 0 Å². The minimum atomic E-state index is 0.291. The van der Waals surface area contributed by atoms with Crippen molar-refractivity contribution in [3.8, 4) is 0 Å². The maximum Gasteiger partial charge on any atom is 0.184 e. The van der Waals surface area contributed by atoms with Crippen molar-refractivity contribution in [3.05, 3.63) is 12.7 Å². The lowest BCUT2D eigenvalue weighted by Gasteiger charge is -2.18. The van der Waals surface area contributed by atoms with E-state index in [4.69, 9.17) is 5.73 Å². The molecule has 2 saturated carbocycles. The number of hydrogen-bond acceptors (Lipinski definition) is 6. The summed E-state index contributed by atoms with van der Waals surface area (Å²) in [6.07, 6.45) is 5.36. The van der Waals surface area contributed by atoms with E-state index in [1.807, 2.05) is 4.68 Å². The highest BCUT2D eigenvalue weighted by Crippen LogP contribution is 2.55. The fourth-order valence-electron chi connectivity index (χ4n) is 3.40. The Morgan fingerprint density at radius 1 is 1.32 bits per heavy atom. The van der Waals surface area contributed by atoms with Gasteiger partial charge in [0, 0.05) is 12.6 Å². The van der Waals surface area contributed by atoms with E-state index in [1.54, 1.807) is 6.33 Å². The maximum atomic E-state index is 9.33. The van der Waals surface area contributed by atoms with Crippen molar-refractivity contribution < 1.29 is 5.11 Å². The van der Waals surface area contributed by atoms with Gasteiger partial charge in [-0.1, -0.05) is 0 Å². The molecule has 4 N–H and O–H groups in total. The highest BCUT2D eigenvalue weighted by atomic mass is 16.3. The smallest absolute Gasteiger partial charge is 0.184 e. The highest BCUT2D eigenvalue weighted by Gasteiger charge is 2.54. The van der Waals surface area contributed by atoms with Gasteiger partial charge in [-0.15, -0.1) is 0 Å². The second-order valence-electron chi connectivity index (χ2n) is 5.52. The van der Waals surface area contributed by atoms with Gasteiger partial charge in [-0.25, -0.2) is 19.6 Å². The Morgan fingerprint density at radius 2 is 2.21 bits per heavy atom. The van der Waals surface area contributed by atoms with Crippen LogP contribution in [0.2, 0.25) is 0 Å².